The summed E-state index contributed by atoms with van der Waals surface area (Å²) in [4.78, 5) is 28.8. The van der Waals surface area contributed by atoms with Crippen LogP contribution in [0.3, 0.4) is 0 Å². The Balaban J connectivity index is 1.61. The van der Waals surface area contributed by atoms with E-state index in [1.54, 1.807) is 22.8 Å². The Bertz CT molecular complexity index is 982. The number of aromatic nitrogens is 2. The zero-order valence-electron chi connectivity index (χ0n) is 13.8. The Hall–Kier alpha value is -2.66. The van der Waals surface area contributed by atoms with E-state index >= 15 is 0 Å². The second-order valence-corrected chi connectivity index (χ2v) is 6.31. The van der Waals surface area contributed by atoms with Crippen LogP contribution in [0.2, 0.25) is 5.02 Å². The first kappa shape index (κ1) is 17.2. The maximum absolute atomic E-state index is 12.4. The van der Waals surface area contributed by atoms with E-state index in [0.717, 1.165) is 5.56 Å². The summed E-state index contributed by atoms with van der Waals surface area (Å²) in [6, 6.07) is 12.6. The topological polar surface area (TPSA) is 64.0 Å². The van der Waals surface area contributed by atoms with E-state index in [1.165, 1.54) is 6.33 Å². The number of fused-ring (bicyclic) bond motifs is 1. The lowest BCUT2D eigenvalue weighted by Gasteiger charge is -2.09. The number of rotatable bonds is 5. The minimum absolute atomic E-state index is 0.0864. The molecular formula is C19H18ClN3O2. The molecule has 0 atom stereocenters. The molecule has 0 saturated heterocycles. The Kier molecular flexibility index (Phi) is 5.14. The molecule has 2 aromatic carbocycles. The van der Waals surface area contributed by atoms with Crippen LogP contribution >= 0.6 is 11.6 Å². The first-order chi connectivity index (χ1) is 12.0. The summed E-state index contributed by atoms with van der Waals surface area (Å²) in [6.45, 7) is 2.35. The zero-order valence-corrected chi connectivity index (χ0v) is 14.6. The monoisotopic (exact) mass is 355 g/mol. The highest BCUT2D eigenvalue weighted by atomic mass is 35.5. The molecule has 25 heavy (non-hydrogen) atoms. The van der Waals surface area contributed by atoms with Crippen LogP contribution in [-0.2, 0) is 11.3 Å². The molecule has 6 heteroatoms. The lowest BCUT2D eigenvalue weighted by atomic mass is 10.2. The van der Waals surface area contributed by atoms with Gasteiger partial charge in [0.2, 0.25) is 5.91 Å². The normalized spacial score (nSPS) is 10.8. The van der Waals surface area contributed by atoms with Gasteiger partial charge in [-0.15, -0.1) is 0 Å². The molecule has 1 amide bonds. The van der Waals surface area contributed by atoms with Gasteiger partial charge in [-0.05, 0) is 43.2 Å². The molecule has 0 saturated carbocycles. The maximum Gasteiger partial charge on any atom is 0.261 e. The minimum Gasteiger partial charge on any atom is -0.326 e. The zero-order chi connectivity index (χ0) is 17.8. The number of hydrogen-bond acceptors (Lipinski definition) is 3. The molecule has 0 spiro atoms. The number of anilines is 1. The van der Waals surface area contributed by atoms with Gasteiger partial charge in [0.25, 0.3) is 5.56 Å². The Labute approximate surface area is 150 Å². The number of halogens is 1. The highest BCUT2D eigenvalue weighted by Crippen LogP contribution is 2.20. The number of carbonyl (C=O) groups excluding carboxylic acids is 1. The van der Waals surface area contributed by atoms with Gasteiger partial charge in [-0.2, -0.15) is 0 Å². The predicted octanol–water partition coefficient (Wildman–Crippen LogP) is 3.78. The largest absolute Gasteiger partial charge is 0.326 e. The van der Waals surface area contributed by atoms with E-state index in [2.05, 4.69) is 10.3 Å². The average molecular weight is 356 g/mol. The van der Waals surface area contributed by atoms with E-state index in [1.807, 2.05) is 31.2 Å². The Morgan fingerprint density at radius 1 is 1.24 bits per heavy atom. The molecule has 0 fully saturated rings. The molecule has 3 aromatic rings. The number of amides is 1. The third-order valence-corrected chi connectivity index (χ3v) is 4.24. The average Bonchev–Trinajstić information content (AvgIpc) is 2.60. The summed E-state index contributed by atoms with van der Waals surface area (Å²) in [7, 11) is 0. The third-order valence-electron chi connectivity index (χ3n) is 4.01. The van der Waals surface area contributed by atoms with Gasteiger partial charge in [0.05, 0.1) is 17.2 Å². The quantitative estimate of drug-likeness (QED) is 0.757. The van der Waals surface area contributed by atoms with Crippen LogP contribution in [0.25, 0.3) is 10.9 Å². The van der Waals surface area contributed by atoms with Crippen molar-refractivity contribution in [1.82, 2.24) is 9.55 Å². The van der Waals surface area contributed by atoms with E-state index < -0.39 is 0 Å². The first-order valence-electron chi connectivity index (χ1n) is 8.05. The molecule has 0 aliphatic heterocycles. The number of hydrogen-bond donors (Lipinski definition) is 1. The van der Waals surface area contributed by atoms with Crippen molar-refractivity contribution in [3.8, 4) is 0 Å². The van der Waals surface area contributed by atoms with Gasteiger partial charge in [-0.25, -0.2) is 4.98 Å². The number of nitrogens with zero attached hydrogens (tertiary/aromatic N) is 2. The molecular weight excluding hydrogens is 338 g/mol. The lowest BCUT2D eigenvalue weighted by Crippen LogP contribution is -2.21. The van der Waals surface area contributed by atoms with Crippen molar-refractivity contribution in [3.63, 3.8) is 0 Å². The molecule has 1 N–H and O–H groups in total. The number of para-hydroxylation sites is 1. The summed E-state index contributed by atoms with van der Waals surface area (Å²) in [5, 5.41) is 4.02. The van der Waals surface area contributed by atoms with Crippen molar-refractivity contribution >= 4 is 34.1 Å². The molecule has 0 unspecified atom stereocenters. The second-order valence-electron chi connectivity index (χ2n) is 5.87. The van der Waals surface area contributed by atoms with Crippen LogP contribution in [0.15, 0.2) is 53.6 Å². The molecule has 5 nitrogen and oxygen atoms in total. The number of carbonyl (C=O) groups is 1. The fraction of sp³-hybridized carbons (Fsp3) is 0.211. The fourth-order valence-corrected chi connectivity index (χ4v) is 2.79. The van der Waals surface area contributed by atoms with E-state index in [9.17, 15) is 9.59 Å². The first-order valence-corrected chi connectivity index (χ1v) is 8.42. The van der Waals surface area contributed by atoms with Crippen LogP contribution < -0.4 is 10.9 Å². The summed E-state index contributed by atoms with van der Waals surface area (Å²) in [5.74, 6) is -0.104. The lowest BCUT2D eigenvalue weighted by molar-refractivity contribution is -0.116. The van der Waals surface area contributed by atoms with Crippen molar-refractivity contribution in [2.24, 2.45) is 0 Å². The van der Waals surface area contributed by atoms with Gasteiger partial charge >= 0.3 is 0 Å². The van der Waals surface area contributed by atoms with E-state index in [0.29, 0.717) is 41.0 Å². The number of aryl methyl sites for hydroxylation is 2. The Morgan fingerprint density at radius 2 is 2.04 bits per heavy atom. The van der Waals surface area contributed by atoms with Gasteiger partial charge < -0.3 is 5.32 Å². The van der Waals surface area contributed by atoms with Crippen LogP contribution in [-0.4, -0.2) is 15.5 Å². The molecule has 1 heterocycles. The van der Waals surface area contributed by atoms with Gasteiger partial charge in [0.15, 0.2) is 0 Å². The molecule has 0 bridgehead atoms. The van der Waals surface area contributed by atoms with Crippen LogP contribution in [0.5, 0.6) is 0 Å². The Morgan fingerprint density at radius 3 is 2.88 bits per heavy atom. The highest BCUT2D eigenvalue weighted by Gasteiger charge is 2.07. The number of nitrogens with one attached hydrogen (secondary N) is 1. The second kappa shape index (κ2) is 7.49. The molecule has 128 valence electrons. The molecule has 0 radical (unpaired) electrons. The van der Waals surface area contributed by atoms with Gasteiger partial charge in [0, 0.05) is 23.7 Å². The molecule has 0 aliphatic carbocycles. The summed E-state index contributed by atoms with van der Waals surface area (Å²) in [6.07, 6.45) is 2.39. The maximum atomic E-state index is 12.4. The van der Waals surface area contributed by atoms with Crippen molar-refractivity contribution in [2.45, 2.75) is 26.3 Å². The highest BCUT2D eigenvalue weighted by molar-refractivity contribution is 6.31. The van der Waals surface area contributed by atoms with E-state index in [4.69, 9.17) is 11.6 Å². The van der Waals surface area contributed by atoms with Crippen LogP contribution in [0.4, 0.5) is 5.69 Å². The van der Waals surface area contributed by atoms with Gasteiger partial charge in [0.1, 0.15) is 0 Å². The van der Waals surface area contributed by atoms with Crippen molar-refractivity contribution in [1.29, 1.82) is 0 Å². The minimum atomic E-state index is -0.104. The molecule has 1 aromatic heterocycles. The smallest absolute Gasteiger partial charge is 0.261 e. The van der Waals surface area contributed by atoms with Gasteiger partial charge in [-0.3, -0.25) is 14.2 Å². The van der Waals surface area contributed by atoms with Crippen LogP contribution in [0, 0.1) is 6.92 Å². The molecule has 3 rings (SSSR count). The summed E-state index contributed by atoms with van der Waals surface area (Å²) >= 11 is 5.95. The van der Waals surface area contributed by atoms with Gasteiger partial charge in [-0.1, -0.05) is 29.8 Å². The predicted molar refractivity (Wildman–Crippen MR) is 100 cm³/mol. The molecule has 0 aliphatic rings. The third kappa shape index (κ3) is 4.06. The van der Waals surface area contributed by atoms with E-state index in [-0.39, 0.29) is 11.5 Å². The number of benzene rings is 2. The van der Waals surface area contributed by atoms with Crippen molar-refractivity contribution < 1.29 is 4.79 Å². The summed E-state index contributed by atoms with van der Waals surface area (Å²) < 4.78 is 1.54. The fourth-order valence-electron chi connectivity index (χ4n) is 2.62. The van der Waals surface area contributed by atoms with Crippen molar-refractivity contribution in [2.75, 3.05) is 5.32 Å². The standard InChI is InChI=1S/C19H18ClN3O2/c1-13-8-9-14(20)11-17(13)22-18(24)7-4-10-23-12-21-16-6-3-2-5-15(16)19(23)25/h2-3,5-6,8-9,11-12H,4,7,10H2,1H3,(H,22,24). The van der Waals surface area contributed by atoms with Crippen molar-refractivity contribution in [3.05, 3.63) is 69.7 Å². The summed E-state index contributed by atoms with van der Waals surface area (Å²) in [5.41, 5.74) is 2.25. The van der Waals surface area contributed by atoms with Crippen LogP contribution in [0.1, 0.15) is 18.4 Å². The SMILES string of the molecule is Cc1ccc(Cl)cc1NC(=O)CCCn1cnc2ccccc2c1=O.